The number of aromatic nitrogens is 2. The molecule has 0 saturated heterocycles. The minimum atomic E-state index is -0.0852. The van der Waals surface area contributed by atoms with Gasteiger partial charge in [0.2, 0.25) is 10.1 Å². The molecule has 1 saturated carbocycles. The Morgan fingerprint density at radius 1 is 1.40 bits per heavy atom. The maximum atomic E-state index is 12.2. The minimum absolute atomic E-state index is 0.0852. The predicted octanol–water partition coefficient (Wildman–Crippen LogP) is 2.76. The van der Waals surface area contributed by atoms with Crippen molar-refractivity contribution in [1.29, 1.82) is 0 Å². The Balaban J connectivity index is 1.91. The van der Waals surface area contributed by atoms with Crippen LogP contribution in [-0.4, -0.2) is 40.2 Å². The highest BCUT2D eigenvalue weighted by molar-refractivity contribution is 7.99. The van der Waals surface area contributed by atoms with Crippen LogP contribution in [0.1, 0.15) is 48.8 Å². The van der Waals surface area contributed by atoms with Gasteiger partial charge in [0.1, 0.15) is 0 Å². The van der Waals surface area contributed by atoms with Crippen molar-refractivity contribution in [3.05, 3.63) is 5.01 Å². The number of carbonyl (C=O) groups is 1. The second-order valence-corrected chi connectivity index (χ2v) is 7.03. The molecule has 5 nitrogen and oxygen atoms in total. The average molecular weight is 314 g/mol. The van der Waals surface area contributed by atoms with Crippen LogP contribution in [0.5, 0.6) is 0 Å². The molecule has 1 fully saturated rings. The van der Waals surface area contributed by atoms with Gasteiger partial charge in [-0.05, 0) is 25.5 Å². The Morgan fingerprint density at radius 2 is 2.20 bits per heavy atom. The first-order valence-electron chi connectivity index (χ1n) is 7.15. The van der Waals surface area contributed by atoms with Crippen LogP contribution in [0.2, 0.25) is 0 Å². The molecule has 0 bridgehead atoms. The molecule has 7 heteroatoms. The average Bonchev–Trinajstić information content (AvgIpc) is 2.94. The highest BCUT2D eigenvalue weighted by atomic mass is 32.2. The van der Waals surface area contributed by atoms with E-state index in [1.54, 1.807) is 0 Å². The van der Waals surface area contributed by atoms with Crippen LogP contribution >= 0.6 is 23.1 Å². The van der Waals surface area contributed by atoms with Gasteiger partial charge in [-0.15, -0.1) is 10.2 Å². The molecular weight excluding hydrogens is 292 g/mol. The van der Waals surface area contributed by atoms with Crippen molar-refractivity contribution in [2.45, 2.75) is 50.3 Å². The molecule has 0 aromatic carbocycles. The summed E-state index contributed by atoms with van der Waals surface area (Å²) in [5, 5.41) is 16.0. The van der Waals surface area contributed by atoms with E-state index in [0.29, 0.717) is 10.3 Å². The van der Waals surface area contributed by atoms with Gasteiger partial charge < -0.3 is 10.6 Å². The van der Waals surface area contributed by atoms with Gasteiger partial charge in [0.05, 0.1) is 0 Å². The number of hydrogen-bond acceptors (Lipinski definition) is 6. The second-order valence-electron chi connectivity index (χ2n) is 4.98. The highest BCUT2D eigenvalue weighted by Gasteiger charge is 2.27. The lowest BCUT2D eigenvalue weighted by molar-refractivity contribution is 0.0928. The smallest absolute Gasteiger partial charge is 0.282 e. The number of amides is 1. The van der Waals surface area contributed by atoms with Crippen LogP contribution in [0.15, 0.2) is 0 Å². The van der Waals surface area contributed by atoms with E-state index in [1.165, 1.54) is 30.6 Å². The van der Waals surface area contributed by atoms with Crippen molar-refractivity contribution >= 4 is 34.1 Å². The quantitative estimate of drug-likeness (QED) is 0.845. The summed E-state index contributed by atoms with van der Waals surface area (Å²) < 4.78 is 0. The number of rotatable bonds is 6. The lowest BCUT2D eigenvalue weighted by Crippen LogP contribution is -2.43. The normalized spacial score (nSPS) is 22.5. The van der Waals surface area contributed by atoms with Crippen LogP contribution in [0.25, 0.3) is 0 Å². The number of nitrogens with one attached hydrogen (secondary N) is 2. The molecule has 0 radical (unpaired) electrons. The topological polar surface area (TPSA) is 66.9 Å². The molecule has 0 spiro atoms. The molecule has 2 atom stereocenters. The third-order valence-corrected chi connectivity index (χ3v) is 5.52. The summed E-state index contributed by atoms with van der Waals surface area (Å²) in [6.07, 6.45) is 7.86. The molecule has 0 aliphatic heterocycles. The molecular formula is C13H22N4OS2. The summed E-state index contributed by atoms with van der Waals surface area (Å²) in [6, 6.07) is 0.266. The third-order valence-electron chi connectivity index (χ3n) is 3.47. The Labute approximate surface area is 128 Å². The number of thioether (sulfide) groups is 1. The number of carbonyl (C=O) groups excluding carboxylic acids is 1. The van der Waals surface area contributed by atoms with Gasteiger partial charge in [-0.3, -0.25) is 4.79 Å². The van der Waals surface area contributed by atoms with Gasteiger partial charge in [-0.25, -0.2) is 0 Å². The first-order chi connectivity index (χ1) is 9.74. The van der Waals surface area contributed by atoms with Crippen LogP contribution < -0.4 is 10.6 Å². The van der Waals surface area contributed by atoms with Crippen LogP contribution in [0.3, 0.4) is 0 Å². The van der Waals surface area contributed by atoms with Crippen molar-refractivity contribution in [1.82, 2.24) is 15.5 Å². The summed E-state index contributed by atoms with van der Waals surface area (Å²) in [5.74, 6) is -0.0852. The Bertz CT molecular complexity index is 438. The first kappa shape index (κ1) is 15.6. The molecule has 1 aromatic heterocycles. The molecule has 2 unspecified atom stereocenters. The fourth-order valence-electron chi connectivity index (χ4n) is 2.39. The zero-order chi connectivity index (χ0) is 14.4. The zero-order valence-electron chi connectivity index (χ0n) is 12.0. The van der Waals surface area contributed by atoms with E-state index in [0.717, 1.165) is 24.5 Å². The molecule has 2 N–H and O–H groups in total. The van der Waals surface area contributed by atoms with Gasteiger partial charge in [-0.2, -0.15) is 11.8 Å². The summed E-state index contributed by atoms with van der Waals surface area (Å²) in [7, 11) is 0. The summed E-state index contributed by atoms with van der Waals surface area (Å²) in [6.45, 7) is 2.95. The molecule has 1 heterocycles. The fourth-order valence-corrected chi connectivity index (χ4v) is 4.00. The number of nitrogens with zero attached hydrogens (tertiary/aromatic N) is 2. The molecule has 1 aliphatic rings. The third kappa shape index (κ3) is 4.09. The highest BCUT2D eigenvalue weighted by Crippen LogP contribution is 2.27. The Morgan fingerprint density at radius 3 is 2.95 bits per heavy atom. The van der Waals surface area contributed by atoms with Crippen molar-refractivity contribution in [3.8, 4) is 0 Å². The van der Waals surface area contributed by atoms with Crippen molar-refractivity contribution in [3.63, 3.8) is 0 Å². The number of hydrogen-bond donors (Lipinski definition) is 2. The van der Waals surface area contributed by atoms with Gasteiger partial charge in [-0.1, -0.05) is 31.1 Å². The minimum Gasteiger partial charge on any atom is -0.360 e. The van der Waals surface area contributed by atoms with Crippen LogP contribution in [-0.2, 0) is 0 Å². The standard InChI is InChI=1S/C13H22N4OS2/c1-3-8-14-13-17-16-12(20-13)11(18)15-9-6-4-5-7-10(9)19-2/h9-10H,3-8H2,1-2H3,(H,14,17)(H,15,18). The summed E-state index contributed by atoms with van der Waals surface area (Å²) >= 11 is 3.17. The first-order valence-corrected chi connectivity index (χ1v) is 9.26. The van der Waals surface area contributed by atoms with Gasteiger partial charge in [0, 0.05) is 17.8 Å². The van der Waals surface area contributed by atoms with E-state index in [-0.39, 0.29) is 11.9 Å². The molecule has 1 aliphatic carbocycles. The molecule has 1 aromatic rings. The van der Waals surface area contributed by atoms with E-state index >= 15 is 0 Å². The van der Waals surface area contributed by atoms with Crippen molar-refractivity contribution in [2.75, 3.05) is 18.1 Å². The van der Waals surface area contributed by atoms with Crippen molar-refractivity contribution in [2.24, 2.45) is 0 Å². The van der Waals surface area contributed by atoms with E-state index < -0.39 is 0 Å². The van der Waals surface area contributed by atoms with Gasteiger partial charge in [0.15, 0.2) is 0 Å². The zero-order valence-corrected chi connectivity index (χ0v) is 13.6. The second kappa shape index (κ2) is 7.83. The summed E-state index contributed by atoms with van der Waals surface area (Å²) in [4.78, 5) is 12.2. The Kier molecular flexibility index (Phi) is 6.09. The molecule has 20 heavy (non-hydrogen) atoms. The van der Waals surface area contributed by atoms with Crippen LogP contribution in [0.4, 0.5) is 5.13 Å². The molecule has 1 amide bonds. The Hall–Kier alpha value is -0.820. The SMILES string of the molecule is CCCNc1nnc(C(=O)NC2CCCCC2SC)s1. The maximum Gasteiger partial charge on any atom is 0.282 e. The molecule has 112 valence electrons. The molecule has 2 rings (SSSR count). The van der Waals surface area contributed by atoms with E-state index in [4.69, 9.17) is 0 Å². The van der Waals surface area contributed by atoms with E-state index in [1.807, 2.05) is 11.8 Å². The fraction of sp³-hybridized carbons (Fsp3) is 0.769. The lowest BCUT2D eigenvalue weighted by Gasteiger charge is -2.30. The van der Waals surface area contributed by atoms with Crippen molar-refractivity contribution < 1.29 is 4.79 Å². The monoisotopic (exact) mass is 314 g/mol. The number of anilines is 1. The maximum absolute atomic E-state index is 12.2. The van der Waals surface area contributed by atoms with Gasteiger partial charge in [0.25, 0.3) is 5.91 Å². The van der Waals surface area contributed by atoms with E-state index in [9.17, 15) is 4.79 Å². The predicted molar refractivity (Wildman–Crippen MR) is 85.7 cm³/mol. The van der Waals surface area contributed by atoms with Crippen LogP contribution in [0, 0.1) is 0 Å². The largest absolute Gasteiger partial charge is 0.360 e. The van der Waals surface area contributed by atoms with E-state index in [2.05, 4.69) is 34.0 Å². The summed E-state index contributed by atoms with van der Waals surface area (Å²) in [5.41, 5.74) is 0. The lowest BCUT2D eigenvalue weighted by atomic mass is 9.95. The van der Waals surface area contributed by atoms with Gasteiger partial charge >= 0.3 is 0 Å².